The Balaban J connectivity index is 2.00. The third-order valence-corrected chi connectivity index (χ3v) is 3.53. The summed E-state index contributed by atoms with van der Waals surface area (Å²) in [5, 5.41) is -0.268. The predicted molar refractivity (Wildman–Crippen MR) is 104 cm³/mol. The highest BCUT2D eigenvalue weighted by molar-refractivity contribution is 5.92. The third kappa shape index (κ3) is 3.15. The van der Waals surface area contributed by atoms with Crippen molar-refractivity contribution in [2.24, 2.45) is 0 Å². The van der Waals surface area contributed by atoms with E-state index in [9.17, 15) is 4.79 Å². The second kappa shape index (κ2) is 7.26. The number of piperazine rings is 1. The molecular formula is C19H21N5O4. The summed E-state index contributed by atoms with van der Waals surface area (Å²) in [7, 11) is 2.36. The molecule has 1 aromatic carbocycles. The van der Waals surface area contributed by atoms with Gasteiger partial charge in [-0.1, -0.05) is 0 Å². The van der Waals surface area contributed by atoms with Crippen molar-refractivity contribution in [2.75, 3.05) is 50.8 Å². The van der Waals surface area contributed by atoms with Gasteiger partial charge in [0, 0.05) is 37.4 Å². The number of nitrogens with zero attached hydrogens (tertiary/aromatic N) is 4. The van der Waals surface area contributed by atoms with Gasteiger partial charge >= 0.3 is 0 Å². The SMILES string of the molecule is [2H]c1oc(C(=O)N2C([2H])([2H])C([2H])([2H])N(c3nc(N)c4c([2H])c(OC)c(OC)c([2H])c4n3)C([2H])([2H])C2([2H])[2H])c([2H])c1[2H]. The first kappa shape index (κ1) is 8.26. The van der Waals surface area contributed by atoms with E-state index >= 15 is 0 Å². The first-order valence-corrected chi connectivity index (χ1v) is 7.61. The number of carbonyl (C=O) groups is 1. The van der Waals surface area contributed by atoms with Crippen molar-refractivity contribution in [3.05, 3.63) is 36.2 Å². The topological polar surface area (TPSA) is 107 Å². The molecule has 146 valence electrons. The summed E-state index contributed by atoms with van der Waals surface area (Å²) >= 11 is 0. The van der Waals surface area contributed by atoms with Crippen molar-refractivity contribution in [1.29, 1.82) is 0 Å². The van der Waals surface area contributed by atoms with E-state index in [-0.39, 0.29) is 21.8 Å². The maximum atomic E-state index is 13.3. The van der Waals surface area contributed by atoms with Gasteiger partial charge < -0.3 is 29.4 Å². The van der Waals surface area contributed by atoms with Gasteiger partial charge in [0.2, 0.25) is 5.95 Å². The van der Waals surface area contributed by atoms with Gasteiger partial charge in [-0.2, -0.15) is 4.98 Å². The number of nitrogens with two attached hydrogens (primary N) is 1. The van der Waals surface area contributed by atoms with Gasteiger partial charge in [-0.05, 0) is 18.1 Å². The first-order chi connectivity index (χ1) is 18.7. The molecule has 9 nitrogen and oxygen atoms in total. The second-order valence-corrected chi connectivity index (χ2v) is 5.16. The maximum Gasteiger partial charge on any atom is 0.289 e. The summed E-state index contributed by atoms with van der Waals surface area (Å²) in [6.07, 6.45) is -0.976. The molecule has 1 fully saturated rings. The average Bonchev–Trinajstić information content (AvgIpc) is 3.11. The summed E-state index contributed by atoms with van der Waals surface area (Å²) in [6.45, 7) is -14.9. The van der Waals surface area contributed by atoms with E-state index in [1.54, 1.807) is 0 Å². The molecule has 3 aromatic rings. The van der Waals surface area contributed by atoms with Crippen molar-refractivity contribution < 1.29 is 36.5 Å². The minimum atomic E-state index is -3.77. The number of rotatable bonds is 4. The summed E-state index contributed by atoms with van der Waals surface area (Å²) in [5.41, 5.74) is 5.55. The zero-order valence-corrected chi connectivity index (χ0v) is 14.5. The zero-order chi connectivity index (χ0) is 31.2. The molecular weight excluding hydrogens is 362 g/mol. The van der Waals surface area contributed by atoms with E-state index in [4.69, 9.17) is 37.4 Å². The highest BCUT2D eigenvalue weighted by atomic mass is 16.5. The Morgan fingerprint density at radius 1 is 1.21 bits per heavy atom. The van der Waals surface area contributed by atoms with E-state index in [1.807, 2.05) is 0 Å². The number of furan rings is 1. The van der Waals surface area contributed by atoms with Crippen LogP contribution in [0.1, 0.15) is 28.4 Å². The molecule has 28 heavy (non-hydrogen) atoms. The van der Waals surface area contributed by atoms with Crippen LogP contribution >= 0.6 is 0 Å². The fraction of sp³-hybridized carbons (Fsp3) is 0.316. The van der Waals surface area contributed by atoms with Crippen LogP contribution in [0.25, 0.3) is 10.9 Å². The Hall–Kier alpha value is -3.49. The molecule has 0 spiro atoms. The lowest BCUT2D eigenvalue weighted by Gasteiger charge is -2.34. The number of nitrogen functional groups attached to an aromatic ring is 1. The van der Waals surface area contributed by atoms with Crippen LogP contribution in [0.3, 0.4) is 0 Å². The Morgan fingerprint density at radius 2 is 1.93 bits per heavy atom. The molecule has 0 radical (unpaired) electrons. The zero-order valence-electron chi connectivity index (χ0n) is 27.5. The van der Waals surface area contributed by atoms with Gasteiger partial charge in [0.05, 0.1) is 42.4 Å². The van der Waals surface area contributed by atoms with E-state index in [0.717, 1.165) is 7.11 Å². The van der Waals surface area contributed by atoms with E-state index in [0.29, 0.717) is 0 Å². The number of amides is 1. The van der Waals surface area contributed by atoms with Gasteiger partial charge in [-0.25, -0.2) is 4.98 Å². The van der Waals surface area contributed by atoms with Gasteiger partial charge in [0.15, 0.2) is 17.3 Å². The van der Waals surface area contributed by atoms with Crippen molar-refractivity contribution in [2.45, 2.75) is 0 Å². The van der Waals surface area contributed by atoms with Crippen LogP contribution in [0.2, 0.25) is 0 Å². The summed E-state index contributed by atoms with van der Waals surface area (Å²) < 4.78 is 123. The molecule has 1 aliphatic heterocycles. The molecule has 1 aliphatic rings. The number of hydrogen-bond donors (Lipinski definition) is 1. The number of fused-ring (bicyclic) bond motifs is 1. The molecule has 0 aliphatic carbocycles. The Bertz CT molecular complexity index is 1570. The number of anilines is 2. The molecule has 4 rings (SSSR count). The third-order valence-electron chi connectivity index (χ3n) is 3.53. The van der Waals surface area contributed by atoms with Crippen LogP contribution in [0.5, 0.6) is 11.5 Å². The van der Waals surface area contributed by atoms with Gasteiger partial charge in [-0.15, -0.1) is 0 Å². The molecule has 0 bridgehead atoms. The Kier molecular flexibility index (Phi) is 2.14. The summed E-state index contributed by atoms with van der Waals surface area (Å²) in [6, 6.07) is -2.87. The van der Waals surface area contributed by atoms with E-state index in [2.05, 4.69) is 9.97 Å². The van der Waals surface area contributed by atoms with Crippen molar-refractivity contribution >= 4 is 28.6 Å². The van der Waals surface area contributed by atoms with Crippen LogP contribution in [-0.2, 0) is 0 Å². The van der Waals surface area contributed by atoms with E-state index in [1.165, 1.54) is 7.11 Å². The van der Waals surface area contributed by atoms with Crippen molar-refractivity contribution in [1.82, 2.24) is 14.9 Å². The standard InChI is InChI=1S/C19H21N5O4/c1-26-15-10-12-13(11-16(15)27-2)21-19(22-17(12)20)24-7-5-23(6-8-24)18(25)14-4-3-9-28-14/h3-4,9-11H,5-8H2,1-2H3,(H2,20,21,22)/i3D,4D,5D2,6D2,7D2,8D2,9D,10D,11D. The number of hydrogen-bond acceptors (Lipinski definition) is 8. The molecule has 2 aromatic heterocycles. The highest BCUT2D eigenvalue weighted by Gasteiger charge is 2.25. The fourth-order valence-electron chi connectivity index (χ4n) is 2.24. The number of carbonyl (C=O) groups excluding carboxylic acids is 1. The van der Waals surface area contributed by atoms with Crippen molar-refractivity contribution in [3.63, 3.8) is 0 Å². The quantitative estimate of drug-likeness (QED) is 0.711. The summed E-state index contributed by atoms with van der Waals surface area (Å²) in [5.74, 6) is -5.14. The van der Waals surface area contributed by atoms with Crippen molar-refractivity contribution in [3.8, 4) is 11.5 Å². The van der Waals surface area contributed by atoms with Gasteiger partial charge in [0.25, 0.3) is 5.91 Å². The Labute approximate surface area is 179 Å². The lowest BCUT2D eigenvalue weighted by Crippen LogP contribution is -2.49. The lowest BCUT2D eigenvalue weighted by atomic mass is 10.2. The molecule has 2 N–H and O–H groups in total. The first-order valence-electron chi connectivity index (χ1n) is 14.1. The molecule has 0 saturated carbocycles. The Morgan fingerprint density at radius 3 is 2.57 bits per heavy atom. The second-order valence-electron chi connectivity index (χ2n) is 5.16. The van der Waals surface area contributed by atoms with Crippen LogP contribution in [0.4, 0.5) is 11.8 Å². The molecule has 9 heteroatoms. The number of benzene rings is 1. The molecule has 3 heterocycles. The van der Waals surface area contributed by atoms with Crippen LogP contribution in [0, 0.1) is 0 Å². The highest BCUT2D eigenvalue weighted by Crippen LogP contribution is 2.34. The van der Waals surface area contributed by atoms with E-state index < -0.39 is 90.2 Å². The summed E-state index contributed by atoms with van der Waals surface area (Å²) in [4.78, 5) is 20.5. The number of ether oxygens (including phenoxy) is 2. The average molecular weight is 396 g/mol. The number of methoxy groups -OCH3 is 2. The van der Waals surface area contributed by atoms with Crippen LogP contribution < -0.4 is 20.1 Å². The maximum absolute atomic E-state index is 13.3. The van der Waals surface area contributed by atoms with Crippen LogP contribution in [0.15, 0.2) is 34.8 Å². The molecule has 0 atom stereocenters. The van der Waals surface area contributed by atoms with Gasteiger partial charge in [-0.3, -0.25) is 4.79 Å². The minimum Gasteiger partial charge on any atom is -0.493 e. The van der Waals surface area contributed by atoms with Crippen LogP contribution in [-0.4, -0.2) is 61.0 Å². The smallest absolute Gasteiger partial charge is 0.289 e. The van der Waals surface area contributed by atoms with Gasteiger partial charge in [0.1, 0.15) is 7.19 Å². The molecule has 1 saturated heterocycles. The monoisotopic (exact) mass is 396 g/mol. The lowest BCUT2D eigenvalue weighted by molar-refractivity contribution is 0.0714. The number of aromatic nitrogens is 2. The molecule has 0 unspecified atom stereocenters. The fourth-order valence-corrected chi connectivity index (χ4v) is 2.24. The minimum absolute atomic E-state index is 0.116. The molecule has 1 amide bonds. The predicted octanol–water partition coefficient (Wildman–Crippen LogP) is 1.78. The normalized spacial score (nSPS) is 28.3. The largest absolute Gasteiger partial charge is 0.493 e.